The monoisotopic (exact) mass is 545 g/mol. The highest BCUT2D eigenvalue weighted by Gasteiger charge is 2.18. The van der Waals surface area contributed by atoms with Gasteiger partial charge in [-0.1, -0.05) is 25.3 Å². The minimum atomic E-state index is -0.514. The SMILES string of the molecule is CN1CCN(c2ccc(-n3nc(NCC4CCCCC4)cc3-c3ccc(C#N)c(F)c3)cc2)CC1.CN=C(N)N. The van der Waals surface area contributed by atoms with Gasteiger partial charge in [-0.05, 0) is 62.2 Å². The number of aliphatic imine (C=N–C) groups is 1. The molecule has 1 saturated heterocycles. The molecule has 40 heavy (non-hydrogen) atoms. The molecule has 0 radical (unpaired) electrons. The Hall–Kier alpha value is -4.10. The molecular weight excluding hydrogens is 505 g/mol. The van der Waals surface area contributed by atoms with Crippen LogP contribution in [0.3, 0.4) is 0 Å². The molecule has 5 rings (SSSR count). The van der Waals surface area contributed by atoms with Crippen LogP contribution in [0.1, 0.15) is 37.7 Å². The standard InChI is InChI=1S/C28H33FN6.C2H7N3/c1-33-13-15-34(16-14-33)24-9-11-25(12-10-24)35-27(22-7-8-23(19-30)26(29)17-22)18-28(32-35)31-20-21-5-3-2-4-6-21;1-5-2(3)4/h7-12,17-18,21H,2-6,13-16,20H2,1H3,(H,31,32);1H3,(H4,3,4,5). The number of hydrogen-bond acceptors (Lipinski definition) is 6. The fourth-order valence-corrected chi connectivity index (χ4v) is 5.14. The summed E-state index contributed by atoms with van der Waals surface area (Å²) in [4.78, 5) is 8.11. The summed E-state index contributed by atoms with van der Waals surface area (Å²) >= 11 is 0. The van der Waals surface area contributed by atoms with E-state index in [-0.39, 0.29) is 11.5 Å². The van der Waals surface area contributed by atoms with E-state index >= 15 is 0 Å². The van der Waals surface area contributed by atoms with E-state index in [0.717, 1.165) is 49.9 Å². The van der Waals surface area contributed by atoms with Crippen molar-refractivity contribution in [2.24, 2.45) is 22.4 Å². The second-order valence-corrected chi connectivity index (χ2v) is 10.5. The number of halogens is 1. The lowest BCUT2D eigenvalue weighted by atomic mass is 9.89. The maximum absolute atomic E-state index is 14.5. The van der Waals surface area contributed by atoms with Crippen LogP contribution in [0.4, 0.5) is 15.9 Å². The second kappa shape index (κ2) is 13.8. The summed E-state index contributed by atoms with van der Waals surface area (Å²) in [5, 5.41) is 17.5. The molecule has 1 aromatic heterocycles. The van der Waals surface area contributed by atoms with Crippen LogP contribution in [0, 0.1) is 23.1 Å². The Balaban J connectivity index is 0.000000681. The molecule has 10 heteroatoms. The van der Waals surface area contributed by atoms with Crippen molar-refractivity contribution in [1.29, 1.82) is 5.26 Å². The number of nitriles is 1. The normalized spacial score (nSPS) is 16.0. The summed E-state index contributed by atoms with van der Waals surface area (Å²) in [5.41, 5.74) is 13.3. The van der Waals surface area contributed by atoms with Gasteiger partial charge in [0.25, 0.3) is 0 Å². The van der Waals surface area contributed by atoms with E-state index in [1.54, 1.807) is 6.07 Å². The molecule has 0 unspecified atom stereocenters. The number of hydrogen-bond donors (Lipinski definition) is 3. The Labute approximate surface area is 236 Å². The Morgan fingerprint density at radius 1 is 1.02 bits per heavy atom. The molecule has 9 nitrogen and oxygen atoms in total. The molecule has 5 N–H and O–H groups in total. The first-order valence-electron chi connectivity index (χ1n) is 13.9. The maximum Gasteiger partial charge on any atom is 0.185 e. The average molecular weight is 546 g/mol. The number of likely N-dealkylation sites (N-methyl/N-ethyl adjacent to an activating group) is 1. The van der Waals surface area contributed by atoms with E-state index in [2.05, 4.69) is 51.4 Å². The first kappa shape index (κ1) is 28.9. The van der Waals surface area contributed by atoms with Gasteiger partial charge in [0, 0.05) is 57.1 Å². The van der Waals surface area contributed by atoms with E-state index in [4.69, 9.17) is 21.8 Å². The molecule has 1 aliphatic carbocycles. The van der Waals surface area contributed by atoms with Crippen molar-refractivity contribution in [3.63, 3.8) is 0 Å². The molecular formula is C30H40FN9. The van der Waals surface area contributed by atoms with Crippen LogP contribution in [0.15, 0.2) is 53.5 Å². The van der Waals surface area contributed by atoms with Crippen molar-refractivity contribution >= 4 is 17.5 Å². The first-order chi connectivity index (χ1) is 19.4. The highest BCUT2D eigenvalue weighted by Crippen LogP contribution is 2.30. The van der Waals surface area contributed by atoms with Crippen LogP contribution < -0.4 is 21.7 Å². The van der Waals surface area contributed by atoms with Crippen molar-refractivity contribution in [3.8, 4) is 23.0 Å². The highest BCUT2D eigenvalue weighted by molar-refractivity contribution is 5.75. The Bertz CT molecular complexity index is 1310. The Morgan fingerprint density at radius 3 is 2.27 bits per heavy atom. The lowest BCUT2D eigenvalue weighted by Gasteiger charge is -2.34. The molecule has 2 fully saturated rings. The summed E-state index contributed by atoms with van der Waals surface area (Å²) in [5.74, 6) is 1.08. The largest absolute Gasteiger partial charge is 0.370 e. The lowest BCUT2D eigenvalue weighted by Crippen LogP contribution is -2.44. The van der Waals surface area contributed by atoms with Gasteiger partial charge in [-0.15, -0.1) is 5.10 Å². The summed E-state index contributed by atoms with van der Waals surface area (Å²) in [6, 6.07) is 17.1. The van der Waals surface area contributed by atoms with E-state index in [1.165, 1.54) is 57.0 Å². The van der Waals surface area contributed by atoms with Crippen LogP contribution in [-0.4, -0.2) is 67.5 Å². The number of aromatic nitrogens is 2. The predicted octanol–water partition coefficient (Wildman–Crippen LogP) is 4.18. The summed E-state index contributed by atoms with van der Waals surface area (Å²) < 4.78 is 16.4. The molecule has 0 bridgehead atoms. The van der Waals surface area contributed by atoms with E-state index in [1.807, 2.05) is 16.8 Å². The van der Waals surface area contributed by atoms with Crippen molar-refractivity contribution in [2.45, 2.75) is 32.1 Å². The van der Waals surface area contributed by atoms with Gasteiger partial charge in [0.2, 0.25) is 0 Å². The molecule has 0 atom stereocenters. The van der Waals surface area contributed by atoms with Crippen molar-refractivity contribution in [3.05, 3.63) is 59.9 Å². The topological polar surface area (TPSA) is 125 Å². The van der Waals surface area contributed by atoms with Crippen LogP contribution in [0.2, 0.25) is 0 Å². The van der Waals surface area contributed by atoms with Crippen LogP contribution >= 0.6 is 0 Å². The van der Waals surface area contributed by atoms with Gasteiger partial charge >= 0.3 is 0 Å². The van der Waals surface area contributed by atoms with Gasteiger partial charge in [-0.25, -0.2) is 9.07 Å². The van der Waals surface area contributed by atoms with Crippen LogP contribution in [0.25, 0.3) is 16.9 Å². The van der Waals surface area contributed by atoms with Gasteiger partial charge in [0.1, 0.15) is 17.7 Å². The molecule has 1 aliphatic heterocycles. The minimum absolute atomic E-state index is 0.0481. The minimum Gasteiger partial charge on any atom is -0.370 e. The summed E-state index contributed by atoms with van der Waals surface area (Å²) in [6.07, 6.45) is 6.46. The molecule has 212 valence electrons. The number of rotatable bonds is 6. The molecule has 2 heterocycles. The van der Waals surface area contributed by atoms with Gasteiger partial charge in [-0.3, -0.25) is 4.99 Å². The third-order valence-corrected chi connectivity index (χ3v) is 7.61. The second-order valence-electron chi connectivity index (χ2n) is 10.5. The van der Waals surface area contributed by atoms with Gasteiger partial charge in [0.15, 0.2) is 5.96 Å². The fraction of sp³-hybridized carbons (Fsp3) is 0.433. The molecule has 1 saturated carbocycles. The molecule has 3 aromatic rings. The van der Waals surface area contributed by atoms with Crippen molar-refractivity contribution < 1.29 is 4.39 Å². The van der Waals surface area contributed by atoms with Crippen molar-refractivity contribution in [1.82, 2.24) is 14.7 Å². The zero-order chi connectivity index (χ0) is 28.5. The molecule has 0 spiro atoms. The summed E-state index contributed by atoms with van der Waals surface area (Å²) in [6.45, 7) is 5.06. The summed E-state index contributed by atoms with van der Waals surface area (Å²) in [7, 11) is 3.70. The number of nitrogens with two attached hydrogens (primary N) is 2. The number of nitrogens with zero attached hydrogens (tertiary/aromatic N) is 6. The zero-order valence-corrected chi connectivity index (χ0v) is 23.5. The Morgan fingerprint density at radius 2 is 1.68 bits per heavy atom. The van der Waals surface area contributed by atoms with Crippen LogP contribution in [-0.2, 0) is 0 Å². The number of nitrogens with one attached hydrogen (secondary N) is 1. The highest BCUT2D eigenvalue weighted by atomic mass is 19.1. The maximum atomic E-state index is 14.5. The smallest absolute Gasteiger partial charge is 0.185 e. The van der Waals surface area contributed by atoms with E-state index in [9.17, 15) is 4.39 Å². The zero-order valence-electron chi connectivity index (χ0n) is 23.5. The first-order valence-corrected chi connectivity index (χ1v) is 13.9. The van der Waals surface area contributed by atoms with E-state index in [0.29, 0.717) is 11.5 Å². The molecule has 2 aliphatic rings. The van der Waals surface area contributed by atoms with Gasteiger partial charge in [0.05, 0.1) is 16.9 Å². The fourth-order valence-electron chi connectivity index (χ4n) is 5.14. The number of benzene rings is 2. The van der Waals surface area contributed by atoms with Crippen LogP contribution in [0.5, 0.6) is 0 Å². The van der Waals surface area contributed by atoms with E-state index < -0.39 is 5.82 Å². The lowest BCUT2D eigenvalue weighted by molar-refractivity contribution is 0.313. The van der Waals surface area contributed by atoms with Crippen molar-refractivity contribution in [2.75, 3.05) is 57.0 Å². The molecule has 0 amide bonds. The van der Waals surface area contributed by atoms with Gasteiger partial charge in [-0.2, -0.15) is 5.26 Å². The third-order valence-electron chi connectivity index (χ3n) is 7.61. The Kier molecular flexibility index (Phi) is 9.97. The quantitative estimate of drug-likeness (QED) is 0.313. The molecule has 2 aromatic carbocycles. The number of guanidine groups is 1. The average Bonchev–Trinajstić information content (AvgIpc) is 3.42. The third kappa shape index (κ3) is 7.51. The predicted molar refractivity (Wildman–Crippen MR) is 160 cm³/mol. The van der Waals surface area contributed by atoms with Gasteiger partial charge < -0.3 is 26.6 Å². The number of anilines is 2. The number of piperazine rings is 1.